The quantitative estimate of drug-likeness (QED) is 0.351. The fourth-order valence-electron chi connectivity index (χ4n) is 4.11. The maximum Gasteiger partial charge on any atom is 0.189 e. The highest BCUT2D eigenvalue weighted by Gasteiger charge is 2.25. The van der Waals surface area contributed by atoms with E-state index in [1.54, 1.807) is 23.1 Å². The summed E-state index contributed by atoms with van der Waals surface area (Å²) in [5.41, 5.74) is 5.36. The summed E-state index contributed by atoms with van der Waals surface area (Å²) in [6.07, 6.45) is 6.70. The minimum atomic E-state index is 0.459. The molecule has 0 unspecified atom stereocenters. The highest BCUT2D eigenvalue weighted by atomic mass is 32.2. The molecule has 0 saturated heterocycles. The van der Waals surface area contributed by atoms with Crippen molar-refractivity contribution in [3.05, 3.63) is 16.8 Å². The van der Waals surface area contributed by atoms with E-state index in [9.17, 15) is 0 Å². The fraction of sp³-hybridized carbons (Fsp3) is 0.571. The molecular weight excluding hydrogens is 386 g/mol. The molecule has 0 fully saturated rings. The number of hydrogen-bond acceptors (Lipinski definition) is 6. The SMILES string of the molecule is CSc1nc(NCCC[NH+](C)C)c2sc3nc(C(C)C)c4c(c3c2n1)CCC4. The van der Waals surface area contributed by atoms with Crippen molar-refractivity contribution >= 4 is 49.3 Å². The minimum absolute atomic E-state index is 0.459. The van der Waals surface area contributed by atoms with Gasteiger partial charge in [0.1, 0.15) is 10.6 Å². The summed E-state index contributed by atoms with van der Waals surface area (Å²) in [6.45, 7) is 6.59. The highest BCUT2D eigenvalue weighted by Crippen LogP contribution is 2.43. The number of anilines is 1. The first kappa shape index (κ1) is 19.9. The molecule has 7 heteroatoms. The molecule has 3 aromatic rings. The number of thiophene rings is 1. The maximum atomic E-state index is 5.11. The largest absolute Gasteiger partial charge is 0.369 e. The zero-order chi connectivity index (χ0) is 19.8. The van der Waals surface area contributed by atoms with Crippen molar-refractivity contribution in [2.45, 2.75) is 50.6 Å². The summed E-state index contributed by atoms with van der Waals surface area (Å²) in [7, 11) is 4.39. The van der Waals surface area contributed by atoms with Gasteiger partial charge in [0.2, 0.25) is 0 Å². The van der Waals surface area contributed by atoms with E-state index < -0.39 is 0 Å². The standard InChI is InChI=1S/C21H29N5S2/c1-12(2)16-14-9-6-8-13(14)15-17-18(28-20(15)23-16)19(25-21(24-17)27-5)22-10-7-11-26(3)4/h12H,6-11H2,1-5H3,(H,22,24,25)/p+1. The van der Waals surface area contributed by atoms with Crippen LogP contribution in [0.5, 0.6) is 0 Å². The lowest BCUT2D eigenvalue weighted by Crippen LogP contribution is -3.05. The lowest BCUT2D eigenvalue weighted by molar-refractivity contribution is -0.858. The summed E-state index contributed by atoms with van der Waals surface area (Å²) in [6, 6.07) is 0. The third-order valence-corrected chi connectivity index (χ3v) is 7.05. The smallest absolute Gasteiger partial charge is 0.189 e. The lowest BCUT2D eigenvalue weighted by Gasteiger charge is -2.12. The number of thioether (sulfide) groups is 1. The molecule has 0 aliphatic heterocycles. The Hall–Kier alpha value is -1.44. The molecule has 0 saturated carbocycles. The van der Waals surface area contributed by atoms with E-state index in [0.29, 0.717) is 5.92 Å². The van der Waals surface area contributed by atoms with Crippen LogP contribution in [0.3, 0.4) is 0 Å². The molecule has 28 heavy (non-hydrogen) atoms. The third-order valence-electron chi connectivity index (χ3n) is 5.42. The number of pyridine rings is 1. The third kappa shape index (κ3) is 3.60. The van der Waals surface area contributed by atoms with Crippen LogP contribution >= 0.6 is 23.1 Å². The van der Waals surface area contributed by atoms with Crippen LogP contribution in [-0.2, 0) is 12.8 Å². The molecule has 150 valence electrons. The summed E-state index contributed by atoms with van der Waals surface area (Å²) in [5.74, 6) is 1.43. The van der Waals surface area contributed by atoms with E-state index >= 15 is 0 Å². The Balaban J connectivity index is 1.85. The lowest BCUT2D eigenvalue weighted by atomic mass is 9.99. The second-order valence-electron chi connectivity index (χ2n) is 8.22. The number of aryl methyl sites for hydroxylation is 1. The molecule has 0 radical (unpaired) electrons. The van der Waals surface area contributed by atoms with E-state index in [1.165, 1.54) is 33.5 Å². The predicted octanol–water partition coefficient (Wildman–Crippen LogP) is 3.52. The van der Waals surface area contributed by atoms with Crippen LogP contribution < -0.4 is 10.2 Å². The van der Waals surface area contributed by atoms with Gasteiger partial charge in [-0.15, -0.1) is 11.3 Å². The van der Waals surface area contributed by atoms with Crippen molar-refractivity contribution in [2.24, 2.45) is 0 Å². The van der Waals surface area contributed by atoms with Crippen molar-refractivity contribution in [1.29, 1.82) is 0 Å². The van der Waals surface area contributed by atoms with E-state index in [1.807, 2.05) is 0 Å². The van der Waals surface area contributed by atoms with Crippen LogP contribution in [-0.4, -0.2) is 48.4 Å². The molecule has 0 bridgehead atoms. The van der Waals surface area contributed by atoms with Crippen molar-refractivity contribution in [3.63, 3.8) is 0 Å². The normalized spacial score (nSPS) is 14.0. The molecule has 0 atom stereocenters. The van der Waals surface area contributed by atoms with Crippen molar-refractivity contribution in [2.75, 3.05) is 38.8 Å². The Morgan fingerprint density at radius 3 is 2.64 bits per heavy atom. The molecule has 0 amide bonds. The van der Waals surface area contributed by atoms with E-state index in [4.69, 9.17) is 15.0 Å². The first-order valence-electron chi connectivity index (χ1n) is 10.2. The molecule has 4 rings (SSSR count). The number of nitrogens with zero attached hydrogens (tertiary/aromatic N) is 3. The van der Waals surface area contributed by atoms with Gasteiger partial charge in [-0.05, 0) is 42.6 Å². The van der Waals surface area contributed by atoms with Crippen molar-refractivity contribution < 1.29 is 4.90 Å². The summed E-state index contributed by atoms with van der Waals surface area (Å²) < 4.78 is 1.16. The van der Waals surface area contributed by atoms with Crippen LogP contribution in [0.15, 0.2) is 5.16 Å². The van der Waals surface area contributed by atoms with Gasteiger partial charge in [-0.2, -0.15) is 0 Å². The Bertz CT molecular complexity index is 1010. The molecule has 3 aromatic heterocycles. The Morgan fingerprint density at radius 2 is 1.93 bits per heavy atom. The number of aromatic nitrogens is 3. The number of nitrogens with one attached hydrogen (secondary N) is 2. The molecule has 1 aliphatic rings. The van der Waals surface area contributed by atoms with Crippen LogP contribution in [0, 0.1) is 0 Å². The van der Waals surface area contributed by atoms with Crippen LogP contribution in [0.4, 0.5) is 5.82 Å². The van der Waals surface area contributed by atoms with Crippen molar-refractivity contribution in [3.8, 4) is 0 Å². The van der Waals surface area contributed by atoms with Crippen LogP contribution in [0.2, 0.25) is 0 Å². The fourth-order valence-corrected chi connectivity index (χ4v) is 5.60. The Labute approximate surface area is 175 Å². The zero-order valence-electron chi connectivity index (χ0n) is 17.5. The zero-order valence-corrected chi connectivity index (χ0v) is 19.1. The van der Waals surface area contributed by atoms with Gasteiger partial charge in [0.15, 0.2) is 5.16 Å². The maximum absolute atomic E-state index is 5.11. The first-order chi connectivity index (χ1) is 13.5. The molecule has 0 spiro atoms. The van der Waals surface area contributed by atoms with E-state index in [0.717, 1.165) is 58.4 Å². The van der Waals surface area contributed by atoms with Gasteiger partial charge in [-0.1, -0.05) is 25.6 Å². The second-order valence-corrected chi connectivity index (χ2v) is 9.99. The van der Waals surface area contributed by atoms with E-state index in [2.05, 4.69) is 39.5 Å². The van der Waals surface area contributed by atoms with Crippen LogP contribution in [0.25, 0.3) is 20.4 Å². The first-order valence-corrected chi connectivity index (χ1v) is 12.3. The highest BCUT2D eigenvalue weighted by molar-refractivity contribution is 7.98. The molecule has 2 N–H and O–H groups in total. The molecular formula is C21H30N5S2+. The Morgan fingerprint density at radius 1 is 1.14 bits per heavy atom. The van der Waals surface area contributed by atoms with Crippen molar-refractivity contribution in [1.82, 2.24) is 15.0 Å². The minimum Gasteiger partial charge on any atom is -0.369 e. The number of quaternary nitrogens is 1. The van der Waals surface area contributed by atoms with Crippen LogP contribution in [0.1, 0.15) is 49.4 Å². The van der Waals surface area contributed by atoms with Gasteiger partial charge >= 0.3 is 0 Å². The number of fused-ring (bicyclic) bond motifs is 5. The topological polar surface area (TPSA) is 55.1 Å². The van der Waals surface area contributed by atoms with E-state index in [-0.39, 0.29) is 0 Å². The molecule has 1 aliphatic carbocycles. The number of hydrogen-bond donors (Lipinski definition) is 2. The average Bonchev–Trinajstić information content (AvgIpc) is 3.27. The summed E-state index contributed by atoms with van der Waals surface area (Å²) in [4.78, 5) is 17.4. The Kier molecular flexibility index (Phi) is 5.76. The van der Waals surface area contributed by atoms with Gasteiger partial charge in [-0.25, -0.2) is 15.0 Å². The predicted molar refractivity (Wildman–Crippen MR) is 121 cm³/mol. The van der Waals surface area contributed by atoms with Gasteiger partial charge in [0.05, 0.1) is 30.9 Å². The average molecular weight is 417 g/mol. The number of rotatable bonds is 7. The monoisotopic (exact) mass is 416 g/mol. The summed E-state index contributed by atoms with van der Waals surface area (Å²) >= 11 is 3.37. The van der Waals surface area contributed by atoms with Gasteiger partial charge in [0.25, 0.3) is 0 Å². The second kappa shape index (κ2) is 8.13. The van der Waals surface area contributed by atoms with Gasteiger partial charge in [-0.3, -0.25) is 0 Å². The molecule has 3 heterocycles. The van der Waals surface area contributed by atoms with Gasteiger partial charge in [0, 0.05) is 24.0 Å². The summed E-state index contributed by atoms with van der Waals surface area (Å²) in [5, 5.41) is 5.72. The molecule has 0 aromatic carbocycles. The van der Waals surface area contributed by atoms with Gasteiger partial charge < -0.3 is 10.2 Å². The molecule has 5 nitrogen and oxygen atoms in total.